The number of carbonyl (C=O) groups is 2. The highest BCUT2D eigenvalue weighted by Crippen LogP contribution is 2.23. The molecule has 0 saturated carbocycles. The van der Waals surface area contributed by atoms with Crippen LogP contribution < -0.4 is 5.32 Å². The minimum atomic E-state index is -0.609. The van der Waals surface area contributed by atoms with Gasteiger partial charge in [0.1, 0.15) is 6.04 Å². The number of halogens is 2. The summed E-state index contributed by atoms with van der Waals surface area (Å²) in [4.78, 5) is 26.9. The van der Waals surface area contributed by atoms with Crippen molar-refractivity contribution in [2.45, 2.75) is 26.4 Å². The average molecular weight is 385 g/mol. The number of nitrogens with one attached hydrogen (secondary N) is 1. The predicted molar refractivity (Wildman–Crippen MR) is 98.8 cm³/mol. The van der Waals surface area contributed by atoms with Crippen molar-refractivity contribution in [3.63, 3.8) is 0 Å². The Morgan fingerprint density at radius 2 is 2.00 bits per heavy atom. The number of amides is 2. The van der Waals surface area contributed by atoms with E-state index in [0.29, 0.717) is 28.0 Å². The van der Waals surface area contributed by atoms with E-state index in [4.69, 9.17) is 23.2 Å². The maximum atomic E-state index is 12.6. The molecule has 7 heteroatoms. The minimum absolute atomic E-state index is 0.145. The van der Waals surface area contributed by atoms with E-state index in [9.17, 15) is 9.59 Å². The fraction of sp³-hybridized carbons (Fsp3) is 0.294. The molecule has 2 amide bonds. The van der Waals surface area contributed by atoms with Crippen molar-refractivity contribution < 1.29 is 9.59 Å². The number of likely N-dealkylation sites (N-methyl/N-ethyl adjacent to an activating group) is 1. The Labute approximate surface area is 155 Å². The van der Waals surface area contributed by atoms with E-state index in [-0.39, 0.29) is 11.8 Å². The van der Waals surface area contributed by atoms with Gasteiger partial charge in [0.25, 0.3) is 5.91 Å². The Balaban J connectivity index is 2.01. The average Bonchev–Trinajstić information content (AvgIpc) is 3.09. The number of hydrogen-bond acceptors (Lipinski definition) is 3. The van der Waals surface area contributed by atoms with Crippen LogP contribution in [-0.4, -0.2) is 29.3 Å². The molecule has 0 radical (unpaired) electrons. The van der Waals surface area contributed by atoms with Gasteiger partial charge in [0.05, 0.1) is 14.9 Å². The number of carbonyl (C=O) groups excluding carboxylic acids is 2. The number of thiophene rings is 1. The molecule has 1 atom stereocenters. The molecule has 1 unspecified atom stereocenters. The van der Waals surface area contributed by atoms with Crippen LogP contribution in [0, 0.1) is 0 Å². The van der Waals surface area contributed by atoms with E-state index >= 15 is 0 Å². The largest absolute Gasteiger partial charge is 0.340 e. The summed E-state index contributed by atoms with van der Waals surface area (Å²) >= 11 is 13.3. The van der Waals surface area contributed by atoms with Crippen LogP contribution >= 0.6 is 34.5 Å². The summed E-state index contributed by atoms with van der Waals surface area (Å²) in [5, 5.41) is 5.49. The second-order valence-corrected chi connectivity index (χ2v) is 7.04. The summed E-state index contributed by atoms with van der Waals surface area (Å²) in [7, 11) is 0. The highest BCUT2D eigenvalue weighted by atomic mass is 35.5. The third kappa shape index (κ3) is 4.72. The van der Waals surface area contributed by atoms with Crippen molar-refractivity contribution in [3.05, 3.63) is 56.2 Å². The number of nitrogens with zero attached hydrogens (tertiary/aromatic N) is 1. The zero-order chi connectivity index (χ0) is 17.7. The van der Waals surface area contributed by atoms with Gasteiger partial charge in [0.15, 0.2) is 0 Å². The van der Waals surface area contributed by atoms with Crippen molar-refractivity contribution in [2.24, 2.45) is 0 Å². The van der Waals surface area contributed by atoms with Gasteiger partial charge in [-0.1, -0.05) is 35.3 Å². The quantitative estimate of drug-likeness (QED) is 0.810. The van der Waals surface area contributed by atoms with Crippen molar-refractivity contribution in [3.8, 4) is 0 Å². The third-order valence-electron chi connectivity index (χ3n) is 3.51. The van der Waals surface area contributed by atoms with Gasteiger partial charge < -0.3 is 10.2 Å². The van der Waals surface area contributed by atoms with Gasteiger partial charge in [-0.05, 0) is 43.0 Å². The lowest BCUT2D eigenvalue weighted by atomic mass is 10.2. The van der Waals surface area contributed by atoms with Crippen molar-refractivity contribution in [2.75, 3.05) is 6.54 Å². The highest BCUT2D eigenvalue weighted by molar-refractivity contribution is 7.12. The minimum Gasteiger partial charge on any atom is -0.340 e. The zero-order valence-electron chi connectivity index (χ0n) is 13.4. The van der Waals surface area contributed by atoms with Crippen LogP contribution in [-0.2, 0) is 11.3 Å². The molecule has 0 bridgehead atoms. The first-order valence-electron chi connectivity index (χ1n) is 7.49. The van der Waals surface area contributed by atoms with Gasteiger partial charge in [-0.3, -0.25) is 9.59 Å². The van der Waals surface area contributed by atoms with E-state index < -0.39 is 6.04 Å². The summed E-state index contributed by atoms with van der Waals surface area (Å²) in [5.41, 5.74) is 0.886. The molecular weight excluding hydrogens is 367 g/mol. The number of rotatable bonds is 6. The molecule has 0 aliphatic rings. The van der Waals surface area contributed by atoms with Crippen molar-refractivity contribution in [1.82, 2.24) is 10.2 Å². The number of benzene rings is 1. The molecule has 24 heavy (non-hydrogen) atoms. The van der Waals surface area contributed by atoms with Crippen LogP contribution in [0.4, 0.5) is 0 Å². The molecule has 1 aromatic heterocycles. The Morgan fingerprint density at radius 3 is 2.58 bits per heavy atom. The Morgan fingerprint density at radius 1 is 1.25 bits per heavy atom. The van der Waals surface area contributed by atoms with Crippen LogP contribution in [0.25, 0.3) is 0 Å². The lowest BCUT2D eigenvalue weighted by molar-refractivity contribution is -0.133. The first-order chi connectivity index (χ1) is 11.4. The van der Waals surface area contributed by atoms with E-state index in [1.165, 1.54) is 11.3 Å². The fourth-order valence-corrected chi connectivity index (χ4v) is 3.16. The molecule has 2 aromatic rings. The van der Waals surface area contributed by atoms with Gasteiger partial charge in [0.2, 0.25) is 5.91 Å². The smallest absolute Gasteiger partial charge is 0.261 e. The van der Waals surface area contributed by atoms with E-state index in [2.05, 4.69) is 5.32 Å². The van der Waals surface area contributed by atoms with E-state index in [1.54, 1.807) is 36.1 Å². The molecular formula is C17H18Cl2N2O2S. The highest BCUT2D eigenvalue weighted by Gasteiger charge is 2.22. The summed E-state index contributed by atoms with van der Waals surface area (Å²) in [6.07, 6.45) is 0. The normalized spacial score (nSPS) is 11.8. The first kappa shape index (κ1) is 18.8. The van der Waals surface area contributed by atoms with Crippen LogP contribution in [0.1, 0.15) is 29.1 Å². The zero-order valence-corrected chi connectivity index (χ0v) is 15.7. The predicted octanol–water partition coefficient (Wildman–Crippen LogP) is 4.22. The molecule has 0 aliphatic heterocycles. The fourth-order valence-electron chi connectivity index (χ4n) is 2.22. The second-order valence-electron chi connectivity index (χ2n) is 5.27. The second kappa shape index (κ2) is 8.51. The van der Waals surface area contributed by atoms with Crippen LogP contribution in [0.2, 0.25) is 10.0 Å². The molecule has 2 rings (SSSR count). The van der Waals surface area contributed by atoms with E-state index in [1.807, 2.05) is 18.4 Å². The van der Waals surface area contributed by atoms with Crippen LogP contribution in [0.5, 0.6) is 0 Å². The van der Waals surface area contributed by atoms with Gasteiger partial charge in [0, 0.05) is 13.1 Å². The maximum Gasteiger partial charge on any atom is 0.261 e. The SMILES string of the molecule is CCN(Cc1ccc(Cl)c(Cl)c1)C(=O)C(C)NC(=O)c1cccs1. The standard InChI is InChI=1S/C17H18Cl2N2O2S/c1-3-21(10-12-6-7-13(18)14(19)9-12)17(23)11(2)20-16(22)15-5-4-8-24-15/h4-9,11H,3,10H2,1-2H3,(H,20,22). The molecule has 1 N–H and O–H groups in total. The molecule has 1 heterocycles. The molecule has 4 nitrogen and oxygen atoms in total. The van der Waals surface area contributed by atoms with Gasteiger partial charge in [-0.25, -0.2) is 0 Å². The van der Waals surface area contributed by atoms with E-state index in [0.717, 1.165) is 5.56 Å². The summed E-state index contributed by atoms with van der Waals surface area (Å²) in [6, 6.07) is 8.20. The summed E-state index contributed by atoms with van der Waals surface area (Å²) < 4.78 is 0. The monoisotopic (exact) mass is 384 g/mol. The van der Waals surface area contributed by atoms with Gasteiger partial charge in [-0.15, -0.1) is 11.3 Å². The molecule has 0 saturated heterocycles. The first-order valence-corrected chi connectivity index (χ1v) is 9.13. The third-order valence-corrected chi connectivity index (χ3v) is 5.12. The Bertz CT molecular complexity index is 719. The lowest BCUT2D eigenvalue weighted by Gasteiger charge is -2.25. The van der Waals surface area contributed by atoms with Gasteiger partial charge >= 0.3 is 0 Å². The Hall–Kier alpha value is -1.56. The maximum absolute atomic E-state index is 12.6. The topological polar surface area (TPSA) is 49.4 Å². The van der Waals surface area contributed by atoms with Crippen LogP contribution in [0.15, 0.2) is 35.7 Å². The molecule has 1 aromatic carbocycles. The molecule has 128 valence electrons. The molecule has 0 aliphatic carbocycles. The number of hydrogen-bond donors (Lipinski definition) is 1. The summed E-state index contributed by atoms with van der Waals surface area (Å²) in [6.45, 7) is 4.51. The summed E-state index contributed by atoms with van der Waals surface area (Å²) in [5.74, 6) is -0.384. The molecule has 0 spiro atoms. The lowest BCUT2D eigenvalue weighted by Crippen LogP contribution is -2.46. The molecule has 0 fully saturated rings. The Kier molecular flexibility index (Phi) is 6.66. The van der Waals surface area contributed by atoms with Crippen LogP contribution in [0.3, 0.4) is 0 Å². The van der Waals surface area contributed by atoms with Crippen molar-refractivity contribution in [1.29, 1.82) is 0 Å². The van der Waals surface area contributed by atoms with Crippen molar-refractivity contribution >= 4 is 46.4 Å². The van der Waals surface area contributed by atoms with Gasteiger partial charge in [-0.2, -0.15) is 0 Å².